The zero-order valence-corrected chi connectivity index (χ0v) is 11.2. The van der Waals surface area contributed by atoms with Crippen molar-refractivity contribution in [2.75, 3.05) is 0 Å². The summed E-state index contributed by atoms with van der Waals surface area (Å²) in [6.45, 7) is 5.56. The largest absolute Gasteiger partial charge is 0.481 e. The Balaban J connectivity index is 0. The molecule has 0 heterocycles. The van der Waals surface area contributed by atoms with Crippen LogP contribution in [0.2, 0.25) is 0 Å². The van der Waals surface area contributed by atoms with Crippen LogP contribution in [0.25, 0.3) is 0 Å². The van der Waals surface area contributed by atoms with E-state index in [0.717, 1.165) is 5.92 Å². The molecule has 0 unspecified atom stereocenters. The minimum Gasteiger partial charge on any atom is -0.481 e. The average molecular weight is 246 g/mol. The van der Waals surface area contributed by atoms with E-state index >= 15 is 0 Å². The summed E-state index contributed by atoms with van der Waals surface area (Å²) >= 11 is 0. The van der Waals surface area contributed by atoms with Crippen molar-refractivity contribution in [2.24, 2.45) is 5.92 Å². The minimum absolute atomic E-state index is 0.222. The Morgan fingerprint density at radius 3 is 1.35 bits per heavy atom. The molecule has 1 aliphatic rings. The molecule has 17 heavy (non-hydrogen) atoms. The molecule has 4 heteroatoms. The topological polar surface area (TPSA) is 74.6 Å². The molecule has 102 valence electrons. The number of rotatable bonds is 2. The van der Waals surface area contributed by atoms with Gasteiger partial charge in [-0.2, -0.15) is 0 Å². The van der Waals surface area contributed by atoms with Gasteiger partial charge >= 0.3 is 11.9 Å². The van der Waals surface area contributed by atoms with Gasteiger partial charge in [0.2, 0.25) is 0 Å². The number of carboxylic acid groups (broad SMARTS) is 2. The molecule has 1 saturated carbocycles. The summed E-state index contributed by atoms with van der Waals surface area (Å²) in [6.07, 6.45) is 7.88. The summed E-state index contributed by atoms with van der Waals surface area (Å²) in [5.74, 6) is -0.455. The maximum absolute atomic E-state index is 9.37. The Hall–Kier alpha value is -1.06. The maximum atomic E-state index is 9.37. The van der Waals surface area contributed by atoms with Gasteiger partial charge in [0.05, 0.1) is 0 Å². The highest BCUT2D eigenvalue weighted by Crippen LogP contribution is 2.22. The number of carboxylic acids is 2. The molecular formula is C13H26O4. The summed E-state index contributed by atoms with van der Waals surface area (Å²) in [4.78, 5) is 18.7. The molecule has 0 aromatic heterocycles. The van der Waals surface area contributed by atoms with Gasteiger partial charge in [0, 0.05) is 12.8 Å². The first kappa shape index (κ1) is 18.3. The SMILES string of the molecule is CC1CCCCC1.CCC(=O)O.CCC(=O)O. The van der Waals surface area contributed by atoms with E-state index in [-0.39, 0.29) is 12.8 Å². The Labute approximate surface area is 104 Å². The number of hydrogen-bond donors (Lipinski definition) is 2. The van der Waals surface area contributed by atoms with Crippen molar-refractivity contribution in [1.82, 2.24) is 0 Å². The first-order chi connectivity index (χ1) is 7.93. The Bertz CT molecular complexity index is 182. The van der Waals surface area contributed by atoms with E-state index in [1.54, 1.807) is 13.8 Å². The molecule has 0 aromatic carbocycles. The van der Waals surface area contributed by atoms with Crippen LogP contribution in [-0.2, 0) is 9.59 Å². The molecule has 0 radical (unpaired) electrons. The molecule has 1 aliphatic carbocycles. The highest BCUT2D eigenvalue weighted by Gasteiger charge is 2.05. The van der Waals surface area contributed by atoms with Gasteiger partial charge in [-0.05, 0) is 5.92 Å². The fourth-order valence-electron chi connectivity index (χ4n) is 1.31. The van der Waals surface area contributed by atoms with E-state index in [0.29, 0.717) is 0 Å². The normalized spacial score (nSPS) is 14.8. The molecule has 2 N–H and O–H groups in total. The number of carbonyl (C=O) groups is 2. The maximum Gasteiger partial charge on any atom is 0.303 e. The van der Waals surface area contributed by atoms with Crippen molar-refractivity contribution in [3.8, 4) is 0 Å². The van der Waals surface area contributed by atoms with Gasteiger partial charge in [-0.25, -0.2) is 0 Å². The summed E-state index contributed by atoms with van der Waals surface area (Å²) < 4.78 is 0. The predicted octanol–water partition coefficient (Wildman–Crippen LogP) is 3.55. The Morgan fingerprint density at radius 2 is 1.24 bits per heavy atom. The van der Waals surface area contributed by atoms with Crippen LogP contribution in [0.15, 0.2) is 0 Å². The zero-order chi connectivity index (χ0) is 13.7. The van der Waals surface area contributed by atoms with Crippen LogP contribution in [-0.4, -0.2) is 22.2 Å². The fourth-order valence-corrected chi connectivity index (χ4v) is 1.31. The third kappa shape index (κ3) is 20.9. The standard InChI is InChI=1S/C7H14.2C3H6O2/c1-7-5-3-2-4-6-7;2*1-2-3(4)5/h7H,2-6H2,1H3;2*2H2,1H3,(H,4,5). The van der Waals surface area contributed by atoms with Gasteiger partial charge in [-0.3, -0.25) is 9.59 Å². The zero-order valence-electron chi connectivity index (χ0n) is 11.2. The van der Waals surface area contributed by atoms with Gasteiger partial charge in [0.25, 0.3) is 0 Å². The lowest BCUT2D eigenvalue weighted by Gasteiger charge is -2.15. The molecule has 0 spiro atoms. The minimum atomic E-state index is -0.745. The van der Waals surface area contributed by atoms with Crippen molar-refractivity contribution in [3.63, 3.8) is 0 Å². The highest BCUT2D eigenvalue weighted by molar-refractivity contribution is 5.66. The molecular weight excluding hydrogens is 220 g/mol. The van der Waals surface area contributed by atoms with Crippen molar-refractivity contribution in [1.29, 1.82) is 0 Å². The smallest absolute Gasteiger partial charge is 0.303 e. The van der Waals surface area contributed by atoms with Crippen LogP contribution >= 0.6 is 0 Å². The van der Waals surface area contributed by atoms with E-state index in [4.69, 9.17) is 10.2 Å². The van der Waals surface area contributed by atoms with E-state index in [2.05, 4.69) is 6.92 Å². The van der Waals surface area contributed by atoms with Gasteiger partial charge in [0.1, 0.15) is 0 Å². The molecule has 0 aliphatic heterocycles. The summed E-state index contributed by atoms with van der Waals surface area (Å²) in [6, 6.07) is 0. The van der Waals surface area contributed by atoms with E-state index in [1.807, 2.05) is 0 Å². The van der Waals surface area contributed by atoms with Crippen molar-refractivity contribution < 1.29 is 19.8 Å². The summed E-state index contributed by atoms with van der Waals surface area (Å²) in [7, 11) is 0. The molecule has 0 saturated heterocycles. The Kier molecular flexibility index (Phi) is 14.0. The fraction of sp³-hybridized carbons (Fsp3) is 0.846. The number of hydrogen-bond acceptors (Lipinski definition) is 2. The van der Waals surface area contributed by atoms with Crippen molar-refractivity contribution in [3.05, 3.63) is 0 Å². The van der Waals surface area contributed by atoms with Gasteiger partial charge in [0.15, 0.2) is 0 Å². The predicted molar refractivity (Wildman–Crippen MR) is 68.1 cm³/mol. The molecule has 0 atom stereocenters. The lowest BCUT2D eigenvalue weighted by atomic mass is 9.91. The van der Waals surface area contributed by atoms with Gasteiger partial charge in [-0.15, -0.1) is 0 Å². The lowest BCUT2D eigenvalue weighted by molar-refractivity contribution is -0.137. The molecule has 0 amide bonds. The van der Waals surface area contributed by atoms with Crippen LogP contribution in [0.3, 0.4) is 0 Å². The molecule has 0 aromatic rings. The molecule has 0 bridgehead atoms. The lowest BCUT2D eigenvalue weighted by Crippen LogP contribution is -1.99. The molecule has 1 rings (SSSR count). The summed E-state index contributed by atoms with van der Waals surface area (Å²) in [5, 5.41) is 15.4. The van der Waals surface area contributed by atoms with E-state index in [9.17, 15) is 9.59 Å². The van der Waals surface area contributed by atoms with Crippen LogP contribution < -0.4 is 0 Å². The van der Waals surface area contributed by atoms with Crippen LogP contribution in [0.1, 0.15) is 65.7 Å². The summed E-state index contributed by atoms with van der Waals surface area (Å²) in [5.41, 5.74) is 0. The van der Waals surface area contributed by atoms with Crippen LogP contribution in [0, 0.1) is 5.92 Å². The third-order valence-electron chi connectivity index (χ3n) is 2.50. The van der Waals surface area contributed by atoms with Crippen molar-refractivity contribution >= 4 is 11.9 Å². The van der Waals surface area contributed by atoms with E-state index in [1.165, 1.54) is 32.1 Å². The average Bonchev–Trinajstić information content (AvgIpc) is 2.31. The Morgan fingerprint density at radius 1 is 0.941 bits per heavy atom. The quantitative estimate of drug-likeness (QED) is 0.781. The molecule has 1 fully saturated rings. The number of aliphatic carboxylic acids is 2. The van der Waals surface area contributed by atoms with Gasteiger partial charge in [-0.1, -0.05) is 52.9 Å². The second kappa shape index (κ2) is 13.0. The second-order valence-corrected chi connectivity index (χ2v) is 4.24. The second-order valence-electron chi connectivity index (χ2n) is 4.24. The third-order valence-corrected chi connectivity index (χ3v) is 2.50. The molecule has 4 nitrogen and oxygen atoms in total. The van der Waals surface area contributed by atoms with Gasteiger partial charge < -0.3 is 10.2 Å². The van der Waals surface area contributed by atoms with Crippen LogP contribution in [0.5, 0.6) is 0 Å². The monoisotopic (exact) mass is 246 g/mol. The van der Waals surface area contributed by atoms with Crippen molar-refractivity contribution in [2.45, 2.75) is 65.7 Å². The van der Waals surface area contributed by atoms with Crippen LogP contribution in [0.4, 0.5) is 0 Å². The first-order valence-electron chi connectivity index (χ1n) is 6.37. The first-order valence-corrected chi connectivity index (χ1v) is 6.37. The van der Waals surface area contributed by atoms with E-state index < -0.39 is 11.9 Å². The highest BCUT2D eigenvalue weighted by atomic mass is 16.4.